The van der Waals surface area contributed by atoms with E-state index in [4.69, 9.17) is 16.3 Å². The van der Waals surface area contributed by atoms with Crippen LogP contribution in [0.15, 0.2) is 18.2 Å². The highest BCUT2D eigenvalue weighted by Gasteiger charge is 2.11. The molecule has 0 aliphatic rings. The molecular weight excluding hydrogens is 257 g/mol. The topological polar surface area (TPSA) is 29.5 Å². The summed E-state index contributed by atoms with van der Waals surface area (Å²) in [4.78, 5) is 13.3. The molecule has 0 radical (unpaired) electrons. The molecule has 0 atom stereocenters. The van der Waals surface area contributed by atoms with Gasteiger partial charge in [-0.25, -0.2) is 4.39 Å². The minimum atomic E-state index is -0.507. The Bertz CT molecular complexity index is 423. The van der Waals surface area contributed by atoms with Gasteiger partial charge in [0.15, 0.2) is 6.61 Å². The van der Waals surface area contributed by atoms with Crippen molar-refractivity contribution in [1.82, 2.24) is 4.90 Å². The third-order valence-electron chi connectivity index (χ3n) is 2.32. The summed E-state index contributed by atoms with van der Waals surface area (Å²) in [5.41, 5.74) is 0. The van der Waals surface area contributed by atoms with E-state index >= 15 is 0 Å². The number of carbonyl (C=O) groups is 1. The van der Waals surface area contributed by atoms with Gasteiger partial charge in [0.25, 0.3) is 5.91 Å². The summed E-state index contributed by atoms with van der Waals surface area (Å²) in [5.74, 6) is 0.156. The highest BCUT2D eigenvalue weighted by Crippen LogP contribution is 2.21. The number of benzene rings is 1. The first-order chi connectivity index (χ1) is 8.40. The Kier molecular flexibility index (Phi) is 5.41. The molecule has 3 nitrogen and oxygen atoms in total. The summed E-state index contributed by atoms with van der Waals surface area (Å²) in [6.45, 7) is 4.66. The van der Waals surface area contributed by atoms with Crippen LogP contribution in [0, 0.1) is 11.7 Å². The van der Waals surface area contributed by atoms with E-state index in [0.29, 0.717) is 18.2 Å². The fourth-order valence-corrected chi connectivity index (χ4v) is 1.64. The summed E-state index contributed by atoms with van der Waals surface area (Å²) in [6.07, 6.45) is 0. The van der Waals surface area contributed by atoms with Crippen molar-refractivity contribution < 1.29 is 13.9 Å². The predicted octanol–water partition coefficient (Wildman–Crippen LogP) is 2.97. The molecule has 0 unspecified atom stereocenters. The third kappa shape index (κ3) is 4.53. The quantitative estimate of drug-likeness (QED) is 0.825. The van der Waals surface area contributed by atoms with Gasteiger partial charge in [0.05, 0.1) is 5.02 Å². The Morgan fingerprint density at radius 3 is 2.72 bits per heavy atom. The molecule has 1 rings (SSSR count). The zero-order valence-electron chi connectivity index (χ0n) is 10.7. The van der Waals surface area contributed by atoms with Gasteiger partial charge in [-0.1, -0.05) is 25.4 Å². The van der Waals surface area contributed by atoms with Crippen LogP contribution < -0.4 is 4.74 Å². The molecule has 5 heteroatoms. The number of hydrogen-bond donors (Lipinski definition) is 0. The van der Waals surface area contributed by atoms with Gasteiger partial charge in [-0.15, -0.1) is 0 Å². The zero-order valence-corrected chi connectivity index (χ0v) is 11.5. The number of carbonyl (C=O) groups excluding carboxylic acids is 1. The molecule has 0 aliphatic heterocycles. The van der Waals surface area contributed by atoms with E-state index in [2.05, 4.69) is 0 Å². The van der Waals surface area contributed by atoms with E-state index in [1.165, 1.54) is 18.2 Å². The van der Waals surface area contributed by atoms with Crippen LogP contribution in [0.25, 0.3) is 0 Å². The maximum absolute atomic E-state index is 12.9. The van der Waals surface area contributed by atoms with E-state index in [0.717, 1.165) is 0 Å². The Balaban J connectivity index is 2.49. The van der Waals surface area contributed by atoms with Crippen LogP contribution in [0.1, 0.15) is 13.8 Å². The van der Waals surface area contributed by atoms with Crippen LogP contribution in [-0.4, -0.2) is 31.0 Å². The SMILES string of the molecule is CC(C)CN(C)C(=O)COc1ccc(F)c(Cl)c1. The molecule has 0 aliphatic carbocycles. The number of hydrogen-bond acceptors (Lipinski definition) is 2. The molecule has 0 N–H and O–H groups in total. The van der Waals surface area contributed by atoms with Crippen LogP contribution in [0.5, 0.6) is 5.75 Å². The number of likely N-dealkylation sites (N-methyl/N-ethyl adjacent to an activating group) is 1. The van der Waals surface area contributed by atoms with Crippen molar-refractivity contribution >= 4 is 17.5 Å². The van der Waals surface area contributed by atoms with Crippen LogP contribution in [0.4, 0.5) is 4.39 Å². The van der Waals surface area contributed by atoms with Crippen molar-refractivity contribution in [2.45, 2.75) is 13.8 Å². The van der Waals surface area contributed by atoms with Gasteiger partial charge in [0.1, 0.15) is 11.6 Å². The second-order valence-electron chi connectivity index (χ2n) is 4.53. The van der Waals surface area contributed by atoms with Crippen LogP contribution in [0.2, 0.25) is 5.02 Å². The van der Waals surface area contributed by atoms with Crippen molar-refractivity contribution in [3.05, 3.63) is 29.0 Å². The van der Waals surface area contributed by atoms with Gasteiger partial charge in [-0.05, 0) is 18.1 Å². The number of halogens is 2. The zero-order chi connectivity index (χ0) is 13.7. The Hall–Kier alpha value is -1.29. The molecule has 0 saturated carbocycles. The molecule has 0 bridgehead atoms. The van der Waals surface area contributed by atoms with E-state index < -0.39 is 5.82 Å². The lowest BCUT2D eigenvalue weighted by atomic mass is 10.2. The van der Waals surface area contributed by atoms with Gasteiger partial charge in [-0.3, -0.25) is 4.79 Å². The van der Waals surface area contributed by atoms with Crippen LogP contribution >= 0.6 is 11.6 Å². The summed E-state index contributed by atoms with van der Waals surface area (Å²) in [5, 5.41) is -0.0181. The van der Waals surface area contributed by atoms with Crippen LogP contribution in [-0.2, 0) is 4.79 Å². The van der Waals surface area contributed by atoms with Gasteiger partial charge < -0.3 is 9.64 Å². The highest BCUT2D eigenvalue weighted by atomic mass is 35.5. The van der Waals surface area contributed by atoms with Gasteiger partial charge in [0, 0.05) is 19.7 Å². The number of ether oxygens (including phenoxy) is 1. The smallest absolute Gasteiger partial charge is 0.260 e. The highest BCUT2D eigenvalue weighted by molar-refractivity contribution is 6.30. The summed E-state index contributed by atoms with van der Waals surface area (Å²) < 4.78 is 18.2. The molecule has 0 spiro atoms. The van der Waals surface area contributed by atoms with Gasteiger partial charge in [0.2, 0.25) is 0 Å². The largest absolute Gasteiger partial charge is 0.484 e. The Labute approximate surface area is 111 Å². The van der Waals surface area contributed by atoms with Crippen LogP contribution in [0.3, 0.4) is 0 Å². The maximum Gasteiger partial charge on any atom is 0.260 e. The molecule has 0 aromatic heterocycles. The van der Waals surface area contributed by atoms with Gasteiger partial charge in [-0.2, -0.15) is 0 Å². The second-order valence-corrected chi connectivity index (χ2v) is 4.94. The Morgan fingerprint density at radius 2 is 2.17 bits per heavy atom. The summed E-state index contributed by atoms with van der Waals surface area (Å²) >= 11 is 5.61. The van der Waals surface area contributed by atoms with Crippen molar-refractivity contribution in [2.75, 3.05) is 20.2 Å². The average Bonchev–Trinajstić information content (AvgIpc) is 2.29. The van der Waals surface area contributed by atoms with Crippen molar-refractivity contribution in [2.24, 2.45) is 5.92 Å². The fraction of sp³-hybridized carbons (Fsp3) is 0.462. The molecule has 0 saturated heterocycles. The standard InChI is InChI=1S/C13H17ClFNO2/c1-9(2)7-16(3)13(17)8-18-10-4-5-12(15)11(14)6-10/h4-6,9H,7-8H2,1-3H3. The second kappa shape index (κ2) is 6.59. The minimum Gasteiger partial charge on any atom is -0.484 e. The monoisotopic (exact) mass is 273 g/mol. The first-order valence-corrected chi connectivity index (χ1v) is 6.09. The molecule has 18 heavy (non-hydrogen) atoms. The fourth-order valence-electron chi connectivity index (χ4n) is 1.47. The first-order valence-electron chi connectivity index (χ1n) is 5.72. The third-order valence-corrected chi connectivity index (χ3v) is 2.61. The van der Waals surface area contributed by atoms with E-state index in [9.17, 15) is 9.18 Å². The van der Waals surface area contributed by atoms with Crippen molar-refractivity contribution in [1.29, 1.82) is 0 Å². The van der Waals surface area contributed by atoms with E-state index in [1.807, 2.05) is 13.8 Å². The Morgan fingerprint density at radius 1 is 1.50 bits per heavy atom. The molecule has 1 aromatic rings. The lowest BCUT2D eigenvalue weighted by Gasteiger charge is -2.19. The van der Waals surface area contributed by atoms with E-state index in [-0.39, 0.29) is 17.5 Å². The average molecular weight is 274 g/mol. The summed E-state index contributed by atoms with van der Waals surface area (Å²) in [7, 11) is 1.73. The maximum atomic E-state index is 12.9. The molecular formula is C13H17ClFNO2. The van der Waals surface area contributed by atoms with E-state index in [1.54, 1.807) is 11.9 Å². The minimum absolute atomic E-state index is 0.0181. The number of amides is 1. The molecule has 1 amide bonds. The lowest BCUT2D eigenvalue weighted by Crippen LogP contribution is -2.34. The first kappa shape index (κ1) is 14.8. The predicted molar refractivity (Wildman–Crippen MR) is 69.4 cm³/mol. The van der Waals surface area contributed by atoms with Crippen molar-refractivity contribution in [3.8, 4) is 5.75 Å². The normalized spacial score (nSPS) is 10.6. The molecule has 0 fully saturated rings. The number of rotatable bonds is 5. The number of nitrogens with zero attached hydrogens (tertiary/aromatic N) is 1. The van der Waals surface area contributed by atoms with Crippen molar-refractivity contribution in [3.63, 3.8) is 0 Å². The van der Waals surface area contributed by atoms with Gasteiger partial charge >= 0.3 is 0 Å². The molecule has 0 heterocycles. The molecule has 1 aromatic carbocycles. The molecule has 100 valence electrons. The summed E-state index contributed by atoms with van der Waals surface area (Å²) in [6, 6.07) is 4.00. The lowest BCUT2D eigenvalue weighted by molar-refractivity contribution is -0.132.